The molecule has 1 amide bonds. The van der Waals surface area contributed by atoms with E-state index in [1.807, 2.05) is 35.7 Å². The van der Waals surface area contributed by atoms with Gasteiger partial charge in [0.05, 0.1) is 20.8 Å². The van der Waals surface area contributed by atoms with Crippen LogP contribution in [0.2, 0.25) is 20.2 Å². The summed E-state index contributed by atoms with van der Waals surface area (Å²) in [5, 5.41) is 4.68. The first-order valence-electron chi connectivity index (χ1n) is 6.49. The van der Waals surface area contributed by atoms with Gasteiger partial charge in [-0.2, -0.15) is 0 Å². The van der Waals surface area contributed by atoms with Gasteiger partial charge in [0.25, 0.3) is 5.91 Å². The average molecular weight is 419 g/mol. The first kappa shape index (κ1) is 17.5. The Labute approximate surface area is 161 Å². The normalized spacial score (nSPS) is 10.7. The van der Waals surface area contributed by atoms with Crippen LogP contribution in [-0.2, 0) is 0 Å². The van der Waals surface area contributed by atoms with Crippen molar-refractivity contribution in [3.8, 4) is 11.3 Å². The van der Waals surface area contributed by atoms with E-state index < -0.39 is 5.91 Å². The summed E-state index contributed by atoms with van der Waals surface area (Å²) in [6.07, 6.45) is 0. The first-order chi connectivity index (χ1) is 11.5. The van der Waals surface area contributed by atoms with Crippen molar-refractivity contribution in [3.05, 3.63) is 61.6 Å². The van der Waals surface area contributed by atoms with Crippen LogP contribution >= 0.6 is 57.7 Å². The maximum atomic E-state index is 12.3. The zero-order valence-corrected chi connectivity index (χ0v) is 15.5. The van der Waals surface area contributed by atoms with Crippen molar-refractivity contribution in [1.82, 2.24) is 9.97 Å². The van der Waals surface area contributed by atoms with E-state index in [1.54, 1.807) is 0 Å². The van der Waals surface area contributed by atoms with E-state index in [1.165, 1.54) is 11.3 Å². The molecule has 0 spiro atoms. The van der Waals surface area contributed by atoms with Crippen LogP contribution in [0.25, 0.3) is 11.3 Å². The highest BCUT2D eigenvalue weighted by molar-refractivity contribution is 7.14. The average Bonchev–Trinajstić information content (AvgIpc) is 3.05. The van der Waals surface area contributed by atoms with Crippen LogP contribution in [-0.4, -0.2) is 15.9 Å². The van der Waals surface area contributed by atoms with Crippen molar-refractivity contribution in [2.45, 2.75) is 0 Å². The van der Waals surface area contributed by atoms with Gasteiger partial charge < -0.3 is 0 Å². The van der Waals surface area contributed by atoms with Crippen LogP contribution in [0.4, 0.5) is 5.13 Å². The lowest BCUT2D eigenvalue weighted by Crippen LogP contribution is -2.14. The van der Waals surface area contributed by atoms with E-state index in [2.05, 4.69) is 15.3 Å². The SMILES string of the molecule is O=C(Nc1nc(-c2ccccc2)cs1)c1nc(Cl)c(Cl)c(Cl)c1Cl. The van der Waals surface area contributed by atoms with Crippen LogP contribution in [0, 0.1) is 0 Å². The molecule has 0 aliphatic rings. The zero-order valence-electron chi connectivity index (χ0n) is 11.7. The fourth-order valence-corrected chi connectivity index (χ4v) is 3.40. The van der Waals surface area contributed by atoms with E-state index in [9.17, 15) is 4.79 Å². The van der Waals surface area contributed by atoms with Crippen molar-refractivity contribution in [1.29, 1.82) is 0 Å². The molecule has 3 aromatic rings. The molecule has 1 N–H and O–H groups in total. The van der Waals surface area contributed by atoms with E-state index in [4.69, 9.17) is 46.4 Å². The summed E-state index contributed by atoms with van der Waals surface area (Å²) in [6, 6.07) is 9.60. The fraction of sp³-hybridized carbons (Fsp3) is 0. The summed E-state index contributed by atoms with van der Waals surface area (Å²) in [7, 11) is 0. The number of hydrogen-bond donors (Lipinski definition) is 1. The summed E-state index contributed by atoms with van der Waals surface area (Å²) < 4.78 is 0. The zero-order chi connectivity index (χ0) is 17.3. The number of nitrogens with one attached hydrogen (secondary N) is 1. The highest BCUT2D eigenvalue weighted by Gasteiger charge is 2.21. The third-order valence-electron chi connectivity index (χ3n) is 2.99. The molecule has 0 fully saturated rings. The Bertz CT molecular complexity index is 915. The first-order valence-corrected chi connectivity index (χ1v) is 8.89. The smallest absolute Gasteiger partial charge is 0.277 e. The quantitative estimate of drug-likeness (QED) is 0.525. The predicted molar refractivity (Wildman–Crippen MR) is 99.8 cm³/mol. The van der Waals surface area contributed by atoms with Crippen molar-refractivity contribution in [2.24, 2.45) is 0 Å². The minimum absolute atomic E-state index is 0.000459. The van der Waals surface area contributed by atoms with Gasteiger partial charge in [0, 0.05) is 10.9 Å². The Hall–Kier alpha value is -1.37. The fourth-order valence-electron chi connectivity index (χ4n) is 1.87. The minimum Gasteiger partial charge on any atom is -0.296 e. The number of pyridine rings is 1. The number of nitrogens with zero attached hydrogens (tertiary/aromatic N) is 2. The van der Waals surface area contributed by atoms with Crippen LogP contribution in [0.15, 0.2) is 35.7 Å². The molecule has 2 aromatic heterocycles. The minimum atomic E-state index is -0.575. The molecule has 24 heavy (non-hydrogen) atoms. The number of aromatic nitrogens is 2. The Morgan fingerprint density at radius 2 is 1.67 bits per heavy atom. The largest absolute Gasteiger partial charge is 0.296 e. The van der Waals surface area contributed by atoms with Gasteiger partial charge in [-0.25, -0.2) is 9.97 Å². The van der Waals surface area contributed by atoms with Crippen molar-refractivity contribution >= 4 is 68.8 Å². The maximum absolute atomic E-state index is 12.3. The predicted octanol–water partition coefficient (Wildman–Crippen LogP) is 6.07. The summed E-state index contributed by atoms with van der Waals surface area (Å²) in [4.78, 5) is 20.6. The summed E-state index contributed by atoms with van der Waals surface area (Å²) in [5.41, 5.74) is 1.58. The molecule has 0 atom stereocenters. The van der Waals surface area contributed by atoms with Gasteiger partial charge in [0.15, 0.2) is 10.8 Å². The topological polar surface area (TPSA) is 54.9 Å². The van der Waals surface area contributed by atoms with Gasteiger partial charge in [-0.05, 0) is 0 Å². The lowest BCUT2D eigenvalue weighted by atomic mass is 10.2. The van der Waals surface area contributed by atoms with Crippen molar-refractivity contribution < 1.29 is 4.79 Å². The molecule has 122 valence electrons. The molecule has 2 heterocycles. The van der Waals surface area contributed by atoms with E-state index in [0.29, 0.717) is 5.13 Å². The van der Waals surface area contributed by atoms with E-state index >= 15 is 0 Å². The van der Waals surface area contributed by atoms with Crippen LogP contribution in [0.3, 0.4) is 0 Å². The van der Waals surface area contributed by atoms with Gasteiger partial charge in [0.1, 0.15) is 5.15 Å². The Balaban J connectivity index is 1.85. The third kappa shape index (κ3) is 3.50. The number of benzene rings is 1. The molecule has 3 rings (SSSR count). The maximum Gasteiger partial charge on any atom is 0.277 e. The Morgan fingerprint density at radius 3 is 2.38 bits per heavy atom. The van der Waals surface area contributed by atoms with E-state index in [0.717, 1.165) is 11.3 Å². The van der Waals surface area contributed by atoms with Crippen LogP contribution in [0.5, 0.6) is 0 Å². The van der Waals surface area contributed by atoms with Gasteiger partial charge in [-0.15, -0.1) is 11.3 Å². The van der Waals surface area contributed by atoms with E-state index in [-0.39, 0.29) is 25.9 Å². The molecular formula is C15H7Cl4N3OS. The second-order valence-corrected chi connectivity index (χ2v) is 6.90. The summed E-state index contributed by atoms with van der Waals surface area (Å²) in [6.45, 7) is 0. The number of hydrogen-bond acceptors (Lipinski definition) is 4. The van der Waals surface area contributed by atoms with Gasteiger partial charge in [-0.3, -0.25) is 10.1 Å². The molecule has 0 saturated heterocycles. The third-order valence-corrected chi connectivity index (χ3v) is 5.43. The second-order valence-electron chi connectivity index (χ2n) is 4.55. The number of rotatable bonds is 3. The Kier molecular flexibility index (Phi) is 5.27. The second kappa shape index (κ2) is 7.25. The van der Waals surface area contributed by atoms with Crippen LogP contribution in [0.1, 0.15) is 10.5 Å². The molecular weight excluding hydrogens is 412 g/mol. The number of carbonyl (C=O) groups is 1. The van der Waals surface area contributed by atoms with Gasteiger partial charge in [0.2, 0.25) is 0 Å². The van der Waals surface area contributed by atoms with Gasteiger partial charge >= 0.3 is 0 Å². The monoisotopic (exact) mass is 417 g/mol. The molecule has 0 saturated carbocycles. The molecule has 0 aliphatic heterocycles. The number of thiazole rings is 1. The van der Waals surface area contributed by atoms with Crippen molar-refractivity contribution in [3.63, 3.8) is 0 Å². The molecule has 0 radical (unpaired) electrons. The number of amides is 1. The molecule has 0 bridgehead atoms. The standard InChI is InChI=1S/C15H7Cl4N3OS/c16-9-10(17)12(21-13(19)11(9)18)14(23)22-15-20-8(6-24-15)7-4-2-1-3-5-7/h1-6H,(H,20,22,23). The summed E-state index contributed by atoms with van der Waals surface area (Å²) >= 11 is 24.9. The molecule has 0 aliphatic carbocycles. The molecule has 1 aromatic carbocycles. The summed E-state index contributed by atoms with van der Waals surface area (Å²) in [5.74, 6) is -0.575. The number of halogens is 4. The molecule has 0 unspecified atom stereocenters. The van der Waals surface area contributed by atoms with Crippen LogP contribution < -0.4 is 5.32 Å². The lowest BCUT2D eigenvalue weighted by Gasteiger charge is -2.07. The molecule has 4 nitrogen and oxygen atoms in total. The van der Waals surface area contributed by atoms with Crippen molar-refractivity contribution in [2.75, 3.05) is 5.32 Å². The Morgan fingerprint density at radius 1 is 0.958 bits per heavy atom. The number of anilines is 1. The lowest BCUT2D eigenvalue weighted by molar-refractivity contribution is 0.102. The molecule has 9 heteroatoms. The highest BCUT2D eigenvalue weighted by Crippen LogP contribution is 2.36. The van der Waals surface area contributed by atoms with Gasteiger partial charge in [-0.1, -0.05) is 76.7 Å². The highest BCUT2D eigenvalue weighted by atomic mass is 35.5. The number of carbonyl (C=O) groups excluding carboxylic acids is 1.